The van der Waals surface area contributed by atoms with E-state index in [-0.39, 0.29) is 37.9 Å². The Labute approximate surface area is 151 Å². The molecule has 0 bridgehead atoms. The van der Waals surface area contributed by atoms with E-state index in [9.17, 15) is 16.8 Å². The van der Waals surface area contributed by atoms with Crippen LogP contribution < -0.4 is 0 Å². The Kier molecular flexibility index (Phi) is 14.6. The fourth-order valence-corrected chi connectivity index (χ4v) is 3.48. The van der Waals surface area contributed by atoms with E-state index in [1.54, 1.807) is 13.8 Å². The van der Waals surface area contributed by atoms with Crippen LogP contribution in [-0.2, 0) is 42.8 Å². The maximum atomic E-state index is 11.2. The number of hydrogen-bond donors (Lipinski definition) is 0. The van der Waals surface area contributed by atoms with Crippen molar-refractivity contribution < 1.29 is 39.4 Å². The molecule has 25 heavy (non-hydrogen) atoms. The highest BCUT2D eigenvalue weighted by molar-refractivity contribution is 7.86. The van der Waals surface area contributed by atoms with Crippen LogP contribution in [0.2, 0.25) is 0 Å². The zero-order valence-corrected chi connectivity index (χ0v) is 16.6. The quantitative estimate of drug-likeness (QED) is 0.238. The highest BCUT2D eigenvalue weighted by Gasteiger charge is 2.09. The second-order valence-corrected chi connectivity index (χ2v) is 8.52. The second kappa shape index (κ2) is 14.8. The molecule has 0 atom stereocenters. The van der Waals surface area contributed by atoms with Gasteiger partial charge in [0.15, 0.2) is 0 Å². The average molecular weight is 407 g/mol. The molecule has 0 aliphatic rings. The van der Waals surface area contributed by atoms with Gasteiger partial charge in [-0.25, -0.2) is 0 Å². The molecule has 0 rings (SSSR count). The lowest BCUT2D eigenvalue weighted by molar-refractivity contribution is 0.00559. The van der Waals surface area contributed by atoms with Gasteiger partial charge in [-0.1, -0.05) is 13.8 Å². The smallest absolute Gasteiger partial charge is 0.267 e. The number of hydrogen-bond acceptors (Lipinski definition) is 9. The molecule has 0 saturated heterocycles. The molecule has 0 fully saturated rings. The minimum Gasteiger partial charge on any atom is -0.377 e. The van der Waals surface area contributed by atoms with Crippen molar-refractivity contribution in [2.24, 2.45) is 0 Å². The maximum absolute atomic E-state index is 11.2. The van der Waals surface area contributed by atoms with Crippen LogP contribution in [0.5, 0.6) is 0 Å². The minimum atomic E-state index is -3.43. The predicted octanol–water partition coefficient (Wildman–Crippen LogP) is 0.549. The molecule has 0 N–H and O–H groups in total. The molecule has 0 saturated carbocycles. The maximum Gasteiger partial charge on any atom is 0.267 e. The van der Waals surface area contributed by atoms with E-state index >= 15 is 0 Å². The summed E-state index contributed by atoms with van der Waals surface area (Å²) in [6.07, 6.45) is 1.03. The van der Waals surface area contributed by atoms with Crippen LogP contribution in [0.25, 0.3) is 0 Å². The molecular formula is C14H30O9S2. The van der Waals surface area contributed by atoms with Gasteiger partial charge in [0, 0.05) is 0 Å². The molecule has 11 heteroatoms. The summed E-state index contributed by atoms with van der Waals surface area (Å²) >= 11 is 0. The Morgan fingerprint density at radius 3 is 1.08 bits per heavy atom. The highest BCUT2D eigenvalue weighted by Crippen LogP contribution is 1.96. The van der Waals surface area contributed by atoms with Crippen molar-refractivity contribution in [2.75, 3.05) is 64.4 Å². The molecule has 0 radical (unpaired) electrons. The van der Waals surface area contributed by atoms with Crippen LogP contribution >= 0.6 is 0 Å². The molecule has 0 aliphatic heterocycles. The van der Waals surface area contributed by atoms with Crippen molar-refractivity contribution in [3.8, 4) is 0 Å². The average Bonchev–Trinajstić information content (AvgIpc) is 2.51. The first kappa shape index (κ1) is 24.7. The van der Waals surface area contributed by atoms with E-state index in [0.29, 0.717) is 39.3 Å². The van der Waals surface area contributed by atoms with Gasteiger partial charge in [-0.05, 0) is 12.8 Å². The van der Waals surface area contributed by atoms with E-state index in [4.69, 9.17) is 22.6 Å². The zero-order valence-electron chi connectivity index (χ0n) is 15.0. The van der Waals surface area contributed by atoms with Gasteiger partial charge in [0.1, 0.15) is 0 Å². The van der Waals surface area contributed by atoms with Crippen LogP contribution in [0, 0.1) is 0 Å². The van der Waals surface area contributed by atoms with Crippen LogP contribution in [0.3, 0.4) is 0 Å². The third-order valence-electron chi connectivity index (χ3n) is 2.63. The van der Waals surface area contributed by atoms with Gasteiger partial charge in [-0.2, -0.15) is 16.8 Å². The van der Waals surface area contributed by atoms with Crippen molar-refractivity contribution in [1.82, 2.24) is 0 Å². The van der Waals surface area contributed by atoms with Gasteiger partial charge in [0.05, 0.1) is 64.4 Å². The van der Waals surface area contributed by atoms with E-state index < -0.39 is 20.2 Å². The molecule has 0 heterocycles. The minimum absolute atomic E-state index is 0.00564. The summed E-state index contributed by atoms with van der Waals surface area (Å²) in [6.45, 7) is 5.17. The SMILES string of the molecule is CCCS(=O)(=O)OCCOCCOCCOCCOS(=O)(=O)CCC. The van der Waals surface area contributed by atoms with Crippen LogP contribution in [0.1, 0.15) is 26.7 Å². The summed E-state index contributed by atoms with van der Waals surface area (Å²) in [5.41, 5.74) is 0. The van der Waals surface area contributed by atoms with Crippen LogP contribution in [-0.4, -0.2) is 81.2 Å². The largest absolute Gasteiger partial charge is 0.377 e. The van der Waals surface area contributed by atoms with E-state index in [2.05, 4.69) is 0 Å². The summed E-state index contributed by atoms with van der Waals surface area (Å²) < 4.78 is 70.0. The van der Waals surface area contributed by atoms with Crippen molar-refractivity contribution in [3.63, 3.8) is 0 Å². The van der Waals surface area contributed by atoms with E-state index in [1.807, 2.05) is 0 Å². The monoisotopic (exact) mass is 406 g/mol. The first-order chi connectivity index (χ1) is 11.8. The topological polar surface area (TPSA) is 114 Å². The van der Waals surface area contributed by atoms with E-state index in [0.717, 1.165) is 0 Å². The first-order valence-corrected chi connectivity index (χ1v) is 11.5. The molecule has 0 unspecified atom stereocenters. The lowest BCUT2D eigenvalue weighted by atomic mass is 10.6. The zero-order chi connectivity index (χ0) is 19.0. The molecule has 0 aromatic heterocycles. The number of ether oxygens (including phenoxy) is 3. The lowest BCUT2D eigenvalue weighted by Gasteiger charge is -2.08. The standard InChI is InChI=1S/C14H30O9S2/c1-3-13-24(15,16)22-11-9-20-7-5-19-6-8-21-10-12-23-25(17,18)14-4-2/h3-14H2,1-2H3. The van der Waals surface area contributed by atoms with Crippen molar-refractivity contribution >= 4 is 20.2 Å². The molecule has 0 aromatic rings. The summed E-state index contributed by atoms with van der Waals surface area (Å²) in [5.74, 6) is 0.0113. The fraction of sp³-hybridized carbons (Fsp3) is 1.00. The van der Waals surface area contributed by atoms with Crippen LogP contribution in [0.15, 0.2) is 0 Å². The highest BCUT2D eigenvalue weighted by atomic mass is 32.2. The lowest BCUT2D eigenvalue weighted by Crippen LogP contribution is -2.17. The molecule has 0 amide bonds. The summed E-state index contributed by atoms with van der Waals surface area (Å²) in [5, 5.41) is 0. The molecule has 0 aromatic carbocycles. The Hall–Kier alpha value is -0.300. The summed E-state index contributed by atoms with van der Waals surface area (Å²) in [7, 11) is -6.87. The Balaban J connectivity index is 3.32. The van der Waals surface area contributed by atoms with Gasteiger partial charge >= 0.3 is 0 Å². The molecule has 0 aliphatic carbocycles. The van der Waals surface area contributed by atoms with Gasteiger partial charge in [0.2, 0.25) is 0 Å². The summed E-state index contributed by atoms with van der Waals surface area (Å²) in [6, 6.07) is 0. The molecule has 9 nitrogen and oxygen atoms in total. The van der Waals surface area contributed by atoms with Gasteiger partial charge in [0.25, 0.3) is 20.2 Å². The van der Waals surface area contributed by atoms with Crippen LogP contribution in [0.4, 0.5) is 0 Å². The van der Waals surface area contributed by atoms with Gasteiger partial charge in [-0.3, -0.25) is 8.37 Å². The van der Waals surface area contributed by atoms with Crippen molar-refractivity contribution in [3.05, 3.63) is 0 Å². The third-order valence-corrected chi connectivity index (χ3v) is 5.50. The molecular weight excluding hydrogens is 376 g/mol. The fourth-order valence-electron chi connectivity index (χ4n) is 1.60. The first-order valence-electron chi connectivity index (χ1n) is 8.30. The normalized spacial score (nSPS) is 12.6. The third kappa shape index (κ3) is 16.9. The van der Waals surface area contributed by atoms with Gasteiger partial charge in [-0.15, -0.1) is 0 Å². The van der Waals surface area contributed by atoms with Crippen molar-refractivity contribution in [2.45, 2.75) is 26.7 Å². The van der Waals surface area contributed by atoms with E-state index in [1.165, 1.54) is 0 Å². The Morgan fingerprint density at radius 2 is 0.800 bits per heavy atom. The Morgan fingerprint density at radius 1 is 0.520 bits per heavy atom. The predicted molar refractivity (Wildman–Crippen MR) is 92.5 cm³/mol. The molecule has 0 spiro atoms. The number of rotatable bonds is 18. The second-order valence-electron chi connectivity index (χ2n) is 5.00. The van der Waals surface area contributed by atoms with Gasteiger partial charge < -0.3 is 14.2 Å². The molecule has 152 valence electrons. The van der Waals surface area contributed by atoms with Crippen molar-refractivity contribution in [1.29, 1.82) is 0 Å². The summed E-state index contributed by atoms with van der Waals surface area (Å²) in [4.78, 5) is 0. The Bertz CT molecular complexity index is 456.